The lowest BCUT2D eigenvalue weighted by atomic mass is 10.2. The van der Waals surface area contributed by atoms with Crippen molar-refractivity contribution >= 4 is 9.84 Å². The topological polar surface area (TPSA) is 128 Å². The maximum Gasteiger partial charge on any atom is 0.244 e. The van der Waals surface area contributed by atoms with Crippen molar-refractivity contribution in [2.45, 2.75) is 12.5 Å². The fourth-order valence-corrected chi connectivity index (χ4v) is 2.02. The number of nitrogens with zero attached hydrogens (tertiary/aromatic N) is 3. The van der Waals surface area contributed by atoms with Crippen LogP contribution >= 0.6 is 0 Å². The highest BCUT2D eigenvalue weighted by atomic mass is 32.2. The molecule has 2 aromatic rings. The molecule has 9 heteroatoms. The Morgan fingerprint density at radius 2 is 2.33 bits per heavy atom. The SMILES string of the molecule is CS(=O)(=O)CCC(N)c1nc(-c2ncc[nH]2)no1. The van der Waals surface area contributed by atoms with E-state index in [2.05, 4.69) is 20.1 Å². The number of sulfone groups is 1. The molecule has 0 saturated heterocycles. The van der Waals surface area contributed by atoms with Crippen LogP contribution in [0.2, 0.25) is 0 Å². The van der Waals surface area contributed by atoms with E-state index in [1.165, 1.54) is 0 Å². The molecule has 0 saturated carbocycles. The average molecular weight is 271 g/mol. The first-order valence-electron chi connectivity index (χ1n) is 5.22. The summed E-state index contributed by atoms with van der Waals surface area (Å²) in [6, 6.07) is -0.601. The first kappa shape index (κ1) is 12.7. The van der Waals surface area contributed by atoms with Crippen molar-refractivity contribution in [3.63, 3.8) is 0 Å². The largest absolute Gasteiger partial charge is 0.342 e. The second kappa shape index (κ2) is 4.86. The summed E-state index contributed by atoms with van der Waals surface area (Å²) >= 11 is 0. The smallest absolute Gasteiger partial charge is 0.244 e. The van der Waals surface area contributed by atoms with E-state index in [0.29, 0.717) is 11.6 Å². The summed E-state index contributed by atoms with van der Waals surface area (Å²) in [5, 5.41) is 3.71. The van der Waals surface area contributed by atoms with Gasteiger partial charge in [0, 0.05) is 18.6 Å². The number of nitrogens with two attached hydrogens (primary N) is 1. The molecule has 2 aromatic heterocycles. The van der Waals surface area contributed by atoms with E-state index in [4.69, 9.17) is 10.3 Å². The molecule has 0 aliphatic rings. The Morgan fingerprint density at radius 1 is 1.56 bits per heavy atom. The van der Waals surface area contributed by atoms with Crippen LogP contribution in [-0.2, 0) is 9.84 Å². The van der Waals surface area contributed by atoms with Crippen LogP contribution < -0.4 is 5.73 Å². The van der Waals surface area contributed by atoms with Gasteiger partial charge in [0.05, 0.1) is 11.8 Å². The van der Waals surface area contributed by atoms with Gasteiger partial charge in [-0.15, -0.1) is 0 Å². The number of aromatic nitrogens is 4. The quantitative estimate of drug-likeness (QED) is 0.776. The van der Waals surface area contributed by atoms with Crippen LogP contribution in [-0.4, -0.2) is 40.5 Å². The summed E-state index contributed by atoms with van der Waals surface area (Å²) < 4.78 is 27.0. The lowest BCUT2D eigenvalue weighted by Gasteiger charge is -2.04. The van der Waals surface area contributed by atoms with Gasteiger partial charge in [-0.1, -0.05) is 5.16 Å². The third kappa shape index (κ3) is 3.14. The number of imidazole rings is 1. The molecule has 0 amide bonds. The molecular formula is C9H13N5O3S. The van der Waals surface area contributed by atoms with Gasteiger partial charge >= 0.3 is 0 Å². The van der Waals surface area contributed by atoms with E-state index >= 15 is 0 Å². The van der Waals surface area contributed by atoms with E-state index in [0.717, 1.165) is 6.26 Å². The van der Waals surface area contributed by atoms with Gasteiger partial charge in [-0.2, -0.15) is 4.98 Å². The Bertz CT molecular complexity index is 604. The predicted molar refractivity (Wildman–Crippen MR) is 63.1 cm³/mol. The van der Waals surface area contributed by atoms with Crippen molar-refractivity contribution in [1.29, 1.82) is 0 Å². The van der Waals surface area contributed by atoms with E-state index in [-0.39, 0.29) is 18.1 Å². The fourth-order valence-electron chi connectivity index (χ4n) is 1.33. The van der Waals surface area contributed by atoms with E-state index in [1.807, 2.05) is 0 Å². The number of rotatable bonds is 5. The summed E-state index contributed by atoms with van der Waals surface area (Å²) in [5.41, 5.74) is 5.78. The van der Waals surface area contributed by atoms with Crippen molar-refractivity contribution in [2.24, 2.45) is 5.73 Å². The molecule has 0 radical (unpaired) electrons. The highest BCUT2D eigenvalue weighted by Gasteiger charge is 2.18. The van der Waals surface area contributed by atoms with Crippen LogP contribution in [0.1, 0.15) is 18.4 Å². The number of hydrogen-bond acceptors (Lipinski definition) is 7. The van der Waals surface area contributed by atoms with Crippen LogP contribution in [0.4, 0.5) is 0 Å². The first-order chi connectivity index (χ1) is 8.46. The summed E-state index contributed by atoms with van der Waals surface area (Å²) in [7, 11) is -3.05. The Labute approximate surface area is 104 Å². The Morgan fingerprint density at radius 3 is 2.94 bits per heavy atom. The second-order valence-electron chi connectivity index (χ2n) is 3.92. The molecule has 2 heterocycles. The maximum absolute atomic E-state index is 11.0. The number of nitrogens with one attached hydrogen (secondary N) is 1. The van der Waals surface area contributed by atoms with Gasteiger partial charge in [0.25, 0.3) is 0 Å². The van der Waals surface area contributed by atoms with Gasteiger partial charge in [-0.3, -0.25) is 0 Å². The molecule has 0 aliphatic heterocycles. The summed E-state index contributed by atoms with van der Waals surface area (Å²) in [6.45, 7) is 0. The molecular weight excluding hydrogens is 258 g/mol. The lowest BCUT2D eigenvalue weighted by Crippen LogP contribution is -2.16. The lowest BCUT2D eigenvalue weighted by molar-refractivity contribution is 0.352. The molecule has 0 bridgehead atoms. The standard InChI is InChI=1S/C9H13N5O3S/c1-18(15,16)5-2-6(10)9-13-8(14-17-9)7-11-3-4-12-7/h3-4,6H,2,5,10H2,1H3,(H,11,12). The maximum atomic E-state index is 11.0. The number of H-pyrrole nitrogens is 1. The molecule has 98 valence electrons. The molecule has 2 rings (SSSR count). The van der Waals surface area contributed by atoms with Gasteiger partial charge < -0.3 is 15.2 Å². The molecule has 8 nitrogen and oxygen atoms in total. The Kier molecular flexibility index (Phi) is 3.43. The third-order valence-corrected chi connectivity index (χ3v) is 3.25. The van der Waals surface area contributed by atoms with Gasteiger partial charge in [0.15, 0.2) is 5.82 Å². The zero-order valence-electron chi connectivity index (χ0n) is 9.70. The van der Waals surface area contributed by atoms with Crippen LogP contribution in [0, 0.1) is 0 Å². The highest BCUT2D eigenvalue weighted by molar-refractivity contribution is 7.90. The van der Waals surface area contributed by atoms with Crippen molar-refractivity contribution in [3.8, 4) is 11.6 Å². The number of aromatic amines is 1. The third-order valence-electron chi connectivity index (χ3n) is 2.27. The summed E-state index contributed by atoms with van der Waals surface area (Å²) in [4.78, 5) is 10.9. The molecule has 1 atom stereocenters. The first-order valence-corrected chi connectivity index (χ1v) is 7.28. The van der Waals surface area contributed by atoms with Crippen LogP contribution in [0.3, 0.4) is 0 Å². The molecule has 0 aromatic carbocycles. The Hall–Kier alpha value is -1.74. The Balaban J connectivity index is 2.06. The molecule has 1 unspecified atom stereocenters. The van der Waals surface area contributed by atoms with Gasteiger partial charge in [0.1, 0.15) is 9.84 Å². The molecule has 0 spiro atoms. The van der Waals surface area contributed by atoms with Crippen LogP contribution in [0.5, 0.6) is 0 Å². The van der Waals surface area contributed by atoms with E-state index in [9.17, 15) is 8.42 Å². The van der Waals surface area contributed by atoms with Crippen molar-refractivity contribution < 1.29 is 12.9 Å². The molecule has 0 fully saturated rings. The van der Waals surface area contributed by atoms with Gasteiger partial charge in [-0.25, -0.2) is 13.4 Å². The minimum atomic E-state index is -3.05. The van der Waals surface area contributed by atoms with E-state index in [1.54, 1.807) is 12.4 Å². The van der Waals surface area contributed by atoms with Crippen molar-refractivity contribution in [2.75, 3.05) is 12.0 Å². The van der Waals surface area contributed by atoms with Crippen LogP contribution in [0.15, 0.2) is 16.9 Å². The zero-order chi connectivity index (χ0) is 13.2. The van der Waals surface area contributed by atoms with E-state index < -0.39 is 15.9 Å². The molecule has 0 aliphatic carbocycles. The summed E-state index contributed by atoms with van der Waals surface area (Å²) in [6.07, 6.45) is 4.59. The second-order valence-corrected chi connectivity index (χ2v) is 6.18. The predicted octanol–water partition coefficient (Wildman–Crippen LogP) is -0.106. The number of hydrogen-bond donors (Lipinski definition) is 2. The average Bonchev–Trinajstić information content (AvgIpc) is 2.94. The fraction of sp³-hybridized carbons (Fsp3) is 0.444. The van der Waals surface area contributed by atoms with Gasteiger partial charge in [0.2, 0.25) is 11.7 Å². The minimum absolute atomic E-state index is 0.0212. The van der Waals surface area contributed by atoms with Gasteiger partial charge in [-0.05, 0) is 6.42 Å². The molecule has 18 heavy (non-hydrogen) atoms. The van der Waals surface area contributed by atoms with Crippen molar-refractivity contribution in [3.05, 3.63) is 18.3 Å². The normalized spacial score (nSPS) is 13.7. The summed E-state index contributed by atoms with van der Waals surface area (Å²) in [5.74, 6) is 0.947. The van der Waals surface area contributed by atoms with Crippen molar-refractivity contribution in [1.82, 2.24) is 20.1 Å². The van der Waals surface area contributed by atoms with Crippen LogP contribution in [0.25, 0.3) is 11.6 Å². The minimum Gasteiger partial charge on any atom is -0.342 e. The monoisotopic (exact) mass is 271 g/mol. The molecule has 3 N–H and O–H groups in total. The zero-order valence-corrected chi connectivity index (χ0v) is 10.5. The highest BCUT2D eigenvalue weighted by Crippen LogP contribution is 2.16.